The first-order valence-electron chi connectivity index (χ1n) is 12.5. The molecule has 0 unspecified atom stereocenters. The fraction of sp³-hybridized carbons (Fsp3) is 0.200. The summed E-state index contributed by atoms with van der Waals surface area (Å²) in [5.41, 5.74) is 19.4. The molecule has 0 saturated heterocycles. The molecule has 4 aromatic carbocycles. The summed E-state index contributed by atoms with van der Waals surface area (Å²) in [7, 11) is 0. The van der Waals surface area contributed by atoms with E-state index in [1.165, 1.54) is 33.0 Å². The summed E-state index contributed by atoms with van der Waals surface area (Å²) >= 11 is 0. The molecular formula is C30H34B2N2O. The standard InChI is InChI=1S/C30H34B2N2O/c33-21-19-31(27-7-3-1-4-8-27)29-15-11-25(12-16-29)23-35-24-26-13-17-30(18-14-26)32(20-22-34)28-9-5-2-6-10-28/h1-18H,19-24,33-34H2. The van der Waals surface area contributed by atoms with Crippen LogP contribution in [0.25, 0.3) is 0 Å². The van der Waals surface area contributed by atoms with Gasteiger partial charge in [0, 0.05) is 0 Å². The molecule has 0 heterocycles. The quantitative estimate of drug-likeness (QED) is 0.320. The van der Waals surface area contributed by atoms with Crippen molar-refractivity contribution in [2.45, 2.75) is 25.9 Å². The number of rotatable bonds is 12. The summed E-state index contributed by atoms with van der Waals surface area (Å²) < 4.78 is 6.03. The molecule has 3 nitrogen and oxygen atoms in total. The Morgan fingerprint density at radius 1 is 0.457 bits per heavy atom. The van der Waals surface area contributed by atoms with Gasteiger partial charge in [0.2, 0.25) is 13.4 Å². The highest BCUT2D eigenvalue weighted by molar-refractivity contribution is 6.85. The van der Waals surface area contributed by atoms with Gasteiger partial charge in [-0.25, -0.2) is 0 Å². The minimum absolute atomic E-state index is 0.327. The molecule has 0 aliphatic heterocycles. The van der Waals surface area contributed by atoms with Gasteiger partial charge in [0.15, 0.2) is 0 Å². The van der Waals surface area contributed by atoms with Crippen LogP contribution in [0, 0.1) is 0 Å². The normalized spacial score (nSPS) is 10.8. The summed E-state index contributed by atoms with van der Waals surface area (Å²) in [6.45, 7) is 3.18. The van der Waals surface area contributed by atoms with Gasteiger partial charge in [-0.15, -0.1) is 0 Å². The van der Waals surface area contributed by atoms with E-state index >= 15 is 0 Å². The van der Waals surface area contributed by atoms with Crippen LogP contribution in [-0.2, 0) is 18.0 Å². The van der Waals surface area contributed by atoms with E-state index in [4.69, 9.17) is 16.2 Å². The van der Waals surface area contributed by atoms with Crippen LogP contribution in [0.3, 0.4) is 0 Å². The summed E-state index contributed by atoms with van der Waals surface area (Å²) in [6, 6.07) is 38.7. The fourth-order valence-corrected chi connectivity index (χ4v) is 4.73. The second kappa shape index (κ2) is 13.1. The monoisotopic (exact) mass is 460 g/mol. The average molecular weight is 460 g/mol. The van der Waals surface area contributed by atoms with E-state index in [9.17, 15) is 0 Å². The molecule has 5 heteroatoms. The van der Waals surface area contributed by atoms with Crippen molar-refractivity contribution in [2.24, 2.45) is 11.5 Å². The highest BCUT2D eigenvalue weighted by Crippen LogP contribution is 2.07. The minimum atomic E-state index is 0.327. The van der Waals surface area contributed by atoms with Crippen molar-refractivity contribution < 1.29 is 4.74 Å². The fourth-order valence-electron chi connectivity index (χ4n) is 4.73. The van der Waals surface area contributed by atoms with E-state index in [0.717, 1.165) is 12.6 Å². The van der Waals surface area contributed by atoms with Crippen LogP contribution in [0.4, 0.5) is 0 Å². The Morgan fingerprint density at radius 3 is 1.14 bits per heavy atom. The molecule has 0 bridgehead atoms. The summed E-state index contributed by atoms with van der Waals surface area (Å²) in [5.74, 6) is 0. The lowest BCUT2D eigenvalue weighted by Crippen LogP contribution is -2.43. The molecular weight excluding hydrogens is 426 g/mol. The van der Waals surface area contributed by atoms with Crippen LogP contribution >= 0.6 is 0 Å². The van der Waals surface area contributed by atoms with E-state index in [1.807, 2.05) is 0 Å². The Hall–Kier alpha value is -3.11. The zero-order valence-electron chi connectivity index (χ0n) is 20.4. The van der Waals surface area contributed by atoms with Gasteiger partial charge in [-0.3, -0.25) is 0 Å². The maximum atomic E-state index is 6.03. The number of hydrogen-bond acceptors (Lipinski definition) is 3. The predicted molar refractivity (Wildman–Crippen MR) is 152 cm³/mol. The molecule has 0 amide bonds. The maximum Gasteiger partial charge on any atom is 0.210 e. The van der Waals surface area contributed by atoms with Crippen molar-refractivity contribution in [2.75, 3.05) is 13.1 Å². The number of hydrogen-bond donors (Lipinski definition) is 2. The smallest absolute Gasteiger partial charge is 0.210 e. The lowest BCUT2D eigenvalue weighted by molar-refractivity contribution is 0.107. The molecule has 0 spiro atoms. The lowest BCUT2D eigenvalue weighted by Gasteiger charge is -2.15. The molecule has 0 aliphatic carbocycles. The second-order valence-corrected chi connectivity index (χ2v) is 9.06. The second-order valence-electron chi connectivity index (χ2n) is 9.06. The Balaban J connectivity index is 1.33. The van der Waals surface area contributed by atoms with Gasteiger partial charge in [-0.05, 0) is 24.2 Å². The molecule has 4 N–H and O–H groups in total. The van der Waals surface area contributed by atoms with E-state index in [1.54, 1.807) is 0 Å². The first-order valence-corrected chi connectivity index (χ1v) is 12.5. The zero-order chi connectivity index (χ0) is 24.3. The molecule has 0 fully saturated rings. The number of benzene rings is 4. The third-order valence-electron chi connectivity index (χ3n) is 6.62. The third-order valence-corrected chi connectivity index (χ3v) is 6.62. The highest BCUT2D eigenvalue weighted by atomic mass is 16.5. The van der Waals surface area contributed by atoms with Crippen LogP contribution in [0.1, 0.15) is 11.1 Å². The Bertz CT molecular complexity index is 1040. The highest BCUT2D eigenvalue weighted by Gasteiger charge is 2.18. The molecule has 0 atom stereocenters. The summed E-state index contributed by atoms with van der Waals surface area (Å²) in [4.78, 5) is 0. The van der Waals surface area contributed by atoms with E-state index in [-0.39, 0.29) is 0 Å². The van der Waals surface area contributed by atoms with Gasteiger partial charge in [0.25, 0.3) is 0 Å². The molecule has 4 rings (SSSR count). The van der Waals surface area contributed by atoms with Gasteiger partial charge in [0.05, 0.1) is 13.2 Å². The Morgan fingerprint density at radius 2 is 0.800 bits per heavy atom. The minimum Gasteiger partial charge on any atom is -0.372 e. The van der Waals surface area contributed by atoms with Crippen molar-refractivity contribution in [3.63, 3.8) is 0 Å². The molecule has 4 aromatic rings. The molecule has 176 valence electrons. The van der Waals surface area contributed by atoms with Gasteiger partial charge in [-0.1, -0.05) is 144 Å². The first-order chi connectivity index (χ1) is 17.3. The maximum absolute atomic E-state index is 6.03. The van der Waals surface area contributed by atoms with Crippen LogP contribution < -0.4 is 33.3 Å². The summed E-state index contributed by atoms with van der Waals surface area (Å²) in [6.07, 6.45) is 1.87. The van der Waals surface area contributed by atoms with Crippen LogP contribution in [0.2, 0.25) is 12.6 Å². The predicted octanol–water partition coefficient (Wildman–Crippen LogP) is 2.54. The van der Waals surface area contributed by atoms with E-state index in [0.29, 0.717) is 39.7 Å². The van der Waals surface area contributed by atoms with Crippen molar-refractivity contribution >= 4 is 35.3 Å². The molecule has 0 radical (unpaired) electrons. The molecule has 0 aliphatic rings. The van der Waals surface area contributed by atoms with Crippen molar-refractivity contribution in [1.82, 2.24) is 0 Å². The van der Waals surface area contributed by atoms with Crippen molar-refractivity contribution in [1.29, 1.82) is 0 Å². The SMILES string of the molecule is NCCB(c1ccccc1)c1ccc(COCc2ccc(B(CCN)c3ccccc3)cc2)cc1. The van der Waals surface area contributed by atoms with Crippen molar-refractivity contribution in [3.8, 4) is 0 Å². The van der Waals surface area contributed by atoms with Crippen molar-refractivity contribution in [3.05, 3.63) is 120 Å². The topological polar surface area (TPSA) is 61.3 Å². The average Bonchev–Trinajstić information content (AvgIpc) is 2.92. The van der Waals surface area contributed by atoms with Gasteiger partial charge >= 0.3 is 0 Å². The molecule has 35 heavy (non-hydrogen) atoms. The van der Waals surface area contributed by atoms with Gasteiger partial charge < -0.3 is 16.2 Å². The lowest BCUT2D eigenvalue weighted by atomic mass is 9.38. The number of nitrogens with two attached hydrogens (primary N) is 2. The third kappa shape index (κ3) is 6.95. The van der Waals surface area contributed by atoms with E-state index < -0.39 is 0 Å². The Labute approximate surface area is 210 Å². The molecule has 0 aromatic heterocycles. The Kier molecular flexibility index (Phi) is 9.36. The van der Waals surface area contributed by atoms with Gasteiger partial charge in [0.1, 0.15) is 0 Å². The zero-order valence-corrected chi connectivity index (χ0v) is 20.4. The largest absolute Gasteiger partial charge is 0.372 e. The van der Waals surface area contributed by atoms with Crippen LogP contribution in [0.15, 0.2) is 109 Å². The summed E-state index contributed by atoms with van der Waals surface area (Å²) in [5, 5.41) is 0. The van der Waals surface area contributed by atoms with Crippen LogP contribution in [-0.4, -0.2) is 26.5 Å². The van der Waals surface area contributed by atoms with Crippen LogP contribution in [0.5, 0.6) is 0 Å². The number of ether oxygens (including phenoxy) is 1. The van der Waals surface area contributed by atoms with E-state index in [2.05, 4.69) is 109 Å². The van der Waals surface area contributed by atoms with Gasteiger partial charge in [-0.2, -0.15) is 0 Å². The first kappa shape index (κ1) is 25.0. The molecule has 0 saturated carbocycles.